The number of piperidine rings is 1. The molecule has 1 heterocycles. The number of hydrogen-bond donors (Lipinski definition) is 2. The predicted octanol–water partition coefficient (Wildman–Crippen LogP) is 1.40. The fourth-order valence-corrected chi connectivity index (χ4v) is 2.78. The highest BCUT2D eigenvalue weighted by molar-refractivity contribution is 5.92. The van der Waals surface area contributed by atoms with Crippen LogP contribution in [0.1, 0.15) is 37.0 Å². The first-order valence-corrected chi connectivity index (χ1v) is 8.49. The lowest BCUT2D eigenvalue weighted by Crippen LogP contribution is -2.46. The van der Waals surface area contributed by atoms with Gasteiger partial charge in [0.25, 0.3) is 5.91 Å². The number of primary amides is 1. The van der Waals surface area contributed by atoms with Gasteiger partial charge in [-0.25, -0.2) is 0 Å². The summed E-state index contributed by atoms with van der Waals surface area (Å²) < 4.78 is 5.42. The van der Waals surface area contributed by atoms with E-state index in [2.05, 4.69) is 24.1 Å². The Hall–Kier alpha value is -2.08. The van der Waals surface area contributed by atoms with Gasteiger partial charge in [0.1, 0.15) is 5.75 Å². The van der Waals surface area contributed by atoms with Gasteiger partial charge in [-0.05, 0) is 63.0 Å². The molecule has 24 heavy (non-hydrogen) atoms. The Morgan fingerprint density at radius 2 is 1.92 bits per heavy atom. The number of carbonyl (C=O) groups excluding carboxylic acids is 2. The molecule has 6 nitrogen and oxygen atoms in total. The molecule has 2 amide bonds. The van der Waals surface area contributed by atoms with Gasteiger partial charge < -0.3 is 15.8 Å². The zero-order chi connectivity index (χ0) is 17.5. The molecule has 2 rings (SSSR count). The van der Waals surface area contributed by atoms with Crippen molar-refractivity contribution in [3.63, 3.8) is 0 Å². The molecule has 1 fully saturated rings. The molecule has 1 atom stereocenters. The van der Waals surface area contributed by atoms with Gasteiger partial charge in [-0.15, -0.1) is 0 Å². The number of benzene rings is 1. The molecule has 0 radical (unpaired) electrons. The first-order valence-electron chi connectivity index (χ1n) is 8.49. The summed E-state index contributed by atoms with van der Waals surface area (Å²) in [4.78, 5) is 25.3. The summed E-state index contributed by atoms with van der Waals surface area (Å²) in [6.07, 6.45) is 2.45. The van der Waals surface area contributed by atoms with Crippen molar-refractivity contribution in [3.8, 4) is 5.75 Å². The minimum Gasteiger partial charge on any atom is -0.484 e. The number of amides is 2. The van der Waals surface area contributed by atoms with Crippen LogP contribution in [0.3, 0.4) is 0 Å². The normalized spacial score (nSPS) is 17.2. The SMILES string of the molecule is CC1CCN(C(C)CNC(=O)COc2ccc(C(N)=O)cc2)CC1. The maximum atomic E-state index is 11.9. The van der Waals surface area contributed by atoms with E-state index in [-0.39, 0.29) is 12.5 Å². The molecule has 0 spiro atoms. The van der Waals surface area contributed by atoms with Crippen molar-refractivity contribution >= 4 is 11.8 Å². The predicted molar refractivity (Wildman–Crippen MR) is 92.9 cm³/mol. The molecule has 0 bridgehead atoms. The van der Waals surface area contributed by atoms with E-state index in [0.29, 0.717) is 23.9 Å². The fourth-order valence-electron chi connectivity index (χ4n) is 2.78. The van der Waals surface area contributed by atoms with Crippen molar-refractivity contribution in [2.45, 2.75) is 32.7 Å². The monoisotopic (exact) mass is 333 g/mol. The lowest BCUT2D eigenvalue weighted by Gasteiger charge is -2.34. The lowest BCUT2D eigenvalue weighted by atomic mass is 9.98. The second-order valence-electron chi connectivity index (χ2n) is 6.55. The van der Waals surface area contributed by atoms with Gasteiger partial charge in [-0.2, -0.15) is 0 Å². The highest BCUT2D eigenvalue weighted by Gasteiger charge is 2.20. The van der Waals surface area contributed by atoms with Crippen LogP contribution in [0.4, 0.5) is 0 Å². The third kappa shape index (κ3) is 5.53. The number of nitrogens with one attached hydrogen (secondary N) is 1. The van der Waals surface area contributed by atoms with Gasteiger partial charge in [0.15, 0.2) is 6.61 Å². The Kier molecular flexibility index (Phi) is 6.61. The number of nitrogens with zero attached hydrogens (tertiary/aromatic N) is 1. The van der Waals surface area contributed by atoms with E-state index in [1.54, 1.807) is 24.3 Å². The van der Waals surface area contributed by atoms with Crippen LogP contribution < -0.4 is 15.8 Å². The van der Waals surface area contributed by atoms with Gasteiger partial charge in [0.05, 0.1) is 0 Å². The molecule has 1 saturated heterocycles. The average Bonchev–Trinajstić information content (AvgIpc) is 2.58. The Labute approximate surface area is 143 Å². The number of ether oxygens (including phenoxy) is 1. The Bertz CT molecular complexity index is 551. The van der Waals surface area contributed by atoms with E-state index in [4.69, 9.17) is 10.5 Å². The molecular formula is C18H27N3O3. The van der Waals surface area contributed by atoms with Crippen molar-refractivity contribution in [1.82, 2.24) is 10.2 Å². The van der Waals surface area contributed by atoms with Crippen LogP contribution in [0.2, 0.25) is 0 Å². The summed E-state index contributed by atoms with van der Waals surface area (Å²) in [6, 6.07) is 6.75. The molecular weight excluding hydrogens is 306 g/mol. The summed E-state index contributed by atoms with van der Waals surface area (Å²) >= 11 is 0. The van der Waals surface area contributed by atoms with E-state index < -0.39 is 5.91 Å². The number of carbonyl (C=O) groups is 2. The van der Waals surface area contributed by atoms with Gasteiger partial charge in [-0.1, -0.05) is 6.92 Å². The van der Waals surface area contributed by atoms with Crippen LogP contribution in [0.5, 0.6) is 5.75 Å². The molecule has 1 aromatic carbocycles. The van der Waals surface area contributed by atoms with Crippen LogP contribution in [0.15, 0.2) is 24.3 Å². The van der Waals surface area contributed by atoms with E-state index in [0.717, 1.165) is 19.0 Å². The lowest BCUT2D eigenvalue weighted by molar-refractivity contribution is -0.123. The molecule has 132 valence electrons. The third-order valence-electron chi connectivity index (χ3n) is 4.54. The van der Waals surface area contributed by atoms with Crippen LogP contribution in [-0.4, -0.2) is 49.0 Å². The molecule has 0 saturated carbocycles. The standard InChI is InChI=1S/C18H27N3O3/c1-13-7-9-21(10-8-13)14(2)11-20-17(22)12-24-16-5-3-15(4-6-16)18(19)23/h3-6,13-14H,7-12H2,1-2H3,(H2,19,23)(H,20,22). The summed E-state index contributed by atoms with van der Waals surface area (Å²) in [6.45, 7) is 7.20. The molecule has 3 N–H and O–H groups in total. The topological polar surface area (TPSA) is 84.7 Å². The van der Waals surface area contributed by atoms with E-state index >= 15 is 0 Å². The second kappa shape index (κ2) is 8.68. The van der Waals surface area contributed by atoms with Gasteiger partial charge in [0, 0.05) is 18.2 Å². The molecule has 1 aliphatic heterocycles. The maximum absolute atomic E-state index is 11.9. The zero-order valence-electron chi connectivity index (χ0n) is 14.5. The number of rotatable bonds is 7. The van der Waals surface area contributed by atoms with Crippen molar-refractivity contribution < 1.29 is 14.3 Å². The maximum Gasteiger partial charge on any atom is 0.257 e. The minimum absolute atomic E-state index is 0.0420. The first-order chi connectivity index (χ1) is 11.5. The summed E-state index contributed by atoms with van der Waals surface area (Å²) in [5.41, 5.74) is 5.59. The van der Waals surface area contributed by atoms with Crippen molar-refractivity contribution in [3.05, 3.63) is 29.8 Å². The Morgan fingerprint density at radius 1 is 1.29 bits per heavy atom. The molecule has 6 heteroatoms. The average molecular weight is 333 g/mol. The van der Waals surface area contributed by atoms with Crippen molar-refractivity contribution in [2.75, 3.05) is 26.2 Å². The minimum atomic E-state index is -0.486. The van der Waals surface area contributed by atoms with Crippen LogP contribution >= 0.6 is 0 Å². The quantitative estimate of drug-likeness (QED) is 0.790. The highest BCUT2D eigenvalue weighted by Crippen LogP contribution is 2.17. The molecule has 1 aliphatic rings. The largest absolute Gasteiger partial charge is 0.484 e. The number of hydrogen-bond acceptors (Lipinski definition) is 4. The second-order valence-corrected chi connectivity index (χ2v) is 6.55. The molecule has 0 aromatic heterocycles. The molecule has 1 unspecified atom stereocenters. The van der Waals surface area contributed by atoms with Crippen LogP contribution in [0, 0.1) is 5.92 Å². The highest BCUT2D eigenvalue weighted by atomic mass is 16.5. The fraction of sp³-hybridized carbons (Fsp3) is 0.556. The van der Waals surface area contributed by atoms with Gasteiger partial charge in [0.2, 0.25) is 5.91 Å². The van der Waals surface area contributed by atoms with E-state index in [9.17, 15) is 9.59 Å². The van der Waals surface area contributed by atoms with Crippen LogP contribution in [0.25, 0.3) is 0 Å². The number of likely N-dealkylation sites (tertiary alicyclic amines) is 1. The molecule has 1 aromatic rings. The third-order valence-corrected chi connectivity index (χ3v) is 4.54. The smallest absolute Gasteiger partial charge is 0.257 e. The van der Waals surface area contributed by atoms with Crippen molar-refractivity contribution in [1.29, 1.82) is 0 Å². The summed E-state index contributed by atoms with van der Waals surface area (Å²) in [5, 5.41) is 2.91. The molecule has 0 aliphatic carbocycles. The number of nitrogens with two attached hydrogens (primary N) is 1. The van der Waals surface area contributed by atoms with Gasteiger partial charge >= 0.3 is 0 Å². The zero-order valence-corrected chi connectivity index (χ0v) is 14.5. The Balaban J connectivity index is 1.68. The van der Waals surface area contributed by atoms with E-state index in [1.807, 2.05) is 0 Å². The van der Waals surface area contributed by atoms with Crippen molar-refractivity contribution in [2.24, 2.45) is 11.7 Å². The Morgan fingerprint density at radius 3 is 2.50 bits per heavy atom. The van der Waals surface area contributed by atoms with Gasteiger partial charge in [-0.3, -0.25) is 14.5 Å². The summed E-state index contributed by atoms with van der Waals surface area (Å²) in [7, 11) is 0. The first kappa shape index (κ1) is 18.3. The van der Waals surface area contributed by atoms with Crippen LogP contribution in [-0.2, 0) is 4.79 Å². The summed E-state index contributed by atoms with van der Waals surface area (Å²) in [5.74, 6) is 0.706. The van der Waals surface area contributed by atoms with E-state index in [1.165, 1.54) is 12.8 Å².